The number of benzene rings is 2. The van der Waals surface area contributed by atoms with Crippen molar-refractivity contribution in [3.8, 4) is 11.4 Å². The highest BCUT2D eigenvalue weighted by Gasteiger charge is 2.19. The lowest BCUT2D eigenvalue weighted by molar-refractivity contribution is -0.122. The van der Waals surface area contributed by atoms with Crippen LogP contribution in [0.2, 0.25) is 0 Å². The molecule has 1 aliphatic carbocycles. The van der Waals surface area contributed by atoms with Gasteiger partial charge in [0.05, 0.1) is 11.0 Å². The number of halogens is 1. The zero-order valence-corrected chi connectivity index (χ0v) is 16.2. The number of imidazole rings is 1. The SMILES string of the molecule is O=C(Cn1c(-c2ccc(Br)cc2)nc2ccccc21)NC1CCCCC1. The van der Waals surface area contributed by atoms with Crippen molar-refractivity contribution in [1.82, 2.24) is 14.9 Å². The minimum Gasteiger partial charge on any atom is -0.352 e. The van der Waals surface area contributed by atoms with Crippen molar-refractivity contribution in [2.24, 2.45) is 0 Å². The van der Waals surface area contributed by atoms with Gasteiger partial charge < -0.3 is 9.88 Å². The second-order valence-corrected chi connectivity index (χ2v) is 7.84. The Kier molecular flexibility index (Phi) is 5.07. The van der Waals surface area contributed by atoms with Crippen LogP contribution in [0.15, 0.2) is 53.0 Å². The van der Waals surface area contributed by atoms with Gasteiger partial charge in [0.2, 0.25) is 5.91 Å². The molecule has 1 amide bonds. The van der Waals surface area contributed by atoms with Crippen LogP contribution >= 0.6 is 15.9 Å². The average molecular weight is 412 g/mol. The summed E-state index contributed by atoms with van der Waals surface area (Å²) in [5.41, 5.74) is 2.91. The molecule has 4 rings (SSSR count). The molecular weight excluding hydrogens is 390 g/mol. The van der Waals surface area contributed by atoms with Gasteiger partial charge in [-0.2, -0.15) is 0 Å². The lowest BCUT2D eigenvalue weighted by Crippen LogP contribution is -2.38. The minimum atomic E-state index is 0.0680. The predicted molar refractivity (Wildman–Crippen MR) is 108 cm³/mol. The zero-order valence-electron chi connectivity index (χ0n) is 14.6. The summed E-state index contributed by atoms with van der Waals surface area (Å²) in [6.07, 6.45) is 5.89. The molecule has 1 fully saturated rings. The highest BCUT2D eigenvalue weighted by Crippen LogP contribution is 2.26. The normalized spacial score (nSPS) is 15.3. The lowest BCUT2D eigenvalue weighted by atomic mass is 9.95. The van der Waals surface area contributed by atoms with E-state index in [1.54, 1.807) is 0 Å². The van der Waals surface area contributed by atoms with E-state index in [2.05, 4.69) is 21.2 Å². The fourth-order valence-corrected chi connectivity index (χ4v) is 3.98. The standard InChI is InChI=1S/C21H22BrN3O/c22-16-12-10-15(11-13-16)21-24-18-8-4-5-9-19(18)25(21)14-20(26)23-17-6-2-1-3-7-17/h4-5,8-13,17H,1-3,6-7,14H2,(H,23,26). The highest BCUT2D eigenvalue weighted by atomic mass is 79.9. The number of rotatable bonds is 4. The van der Waals surface area contributed by atoms with Gasteiger partial charge in [-0.15, -0.1) is 0 Å². The maximum Gasteiger partial charge on any atom is 0.240 e. The van der Waals surface area contributed by atoms with Crippen molar-refractivity contribution < 1.29 is 4.79 Å². The first kappa shape index (κ1) is 17.3. The van der Waals surface area contributed by atoms with Gasteiger partial charge in [-0.25, -0.2) is 4.98 Å². The molecule has 3 aromatic rings. The number of fused-ring (bicyclic) bond motifs is 1. The van der Waals surface area contributed by atoms with Crippen LogP contribution in [0.1, 0.15) is 32.1 Å². The Morgan fingerprint density at radius 2 is 1.81 bits per heavy atom. The molecule has 1 aliphatic rings. The monoisotopic (exact) mass is 411 g/mol. The molecule has 26 heavy (non-hydrogen) atoms. The molecule has 1 saturated carbocycles. The fraction of sp³-hybridized carbons (Fsp3) is 0.333. The number of carbonyl (C=O) groups is 1. The van der Waals surface area contributed by atoms with E-state index in [0.717, 1.165) is 39.7 Å². The second kappa shape index (κ2) is 7.62. The number of hydrogen-bond acceptors (Lipinski definition) is 2. The maximum atomic E-state index is 12.7. The van der Waals surface area contributed by atoms with E-state index in [1.807, 2.05) is 53.1 Å². The zero-order chi connectivity index (χ0) is 17.9. The van der Waals surface area contributed by atoms with Crippen LogP contribution in [0.5, 0.6) is 0 Å². The molecule has 5 heteroatoms. The lowest BCUT2D eigenvalue weighted by Gasteiger charge is -2.23. The first-order chi connectivity index (χ1) is 12.7. The predicted octanol–water partition coefficient (Wildman–Crippen LogP) is 4.91. The van der Waals surface area contributed by atoms with Crippen molar-refractivity contribution in [3.63, 3.8) is 0 Å². The molecule has 0 unspecified atom stereocenters. The molecule has 134 valence electrons. The summed E-state index contributed by atoms with van der Waals surface area (Å²) >= 11 is 3.48. The number of nitrogens with zero attached hydrogens (tertiary/aromatic N) is 2. The van der Waals surface area contributed by atoms with E-state index in [0.29, 0.717) is 12.6 Å². The van der Waals surface area contributed by atoms with E-state index in [1.165, 1.54) is 19.3 Å². The Morgan fingerprint density at radius 3 is 2.58 bits per heavy atom. The van der Waals surface area contributed by atoms with Gasteiger partial charge in [0, 0.05) is 16.1 Å². The van der Waals surface area contributed by atoms with Crippen LogP contribution < -0.4 is 5.32 Å². The largest absolute Gasteiger partial charge is 0.352 e. The number of amides is 1. The van der Waals surface area contributed by atoms with Gasteiger partial charge in [0.25, 0.3) is 0 Å². The molecule has 1 N–H and O–H groups in total. The molecule has 0 saturated heterocycles. The number of aromatic nitrogens is 2. The Labute approximate surface area is 161 Å². The van der Waals surface area contributed by atoms with Crippen LogP contribution in [0.3, 0.4) is 0 Å². The minimum absolute atomic E-state index is 0.0680. The van der Waals surface area contributed by atoms with E-state index >= 15 is 0 Å². The summed E-state index contributed by atoms with van der Waals surface area (Å²) in [5, 5.41) is 3.21. The summed E-state index contributed by atoms with van der Waals surface area (Å²) in [4.78, 5) is 17.5. The summed E-state index contributed by atoms with van der Waals surface area (Å²) in [6, 6.07) is 16.4. The third kappa shape index (κ3) is 3.68. The molecule has 0 spiro atoms. The van der Waals surface area contributed by atoms with Gasteiger partial charge in [0.15, 0.2) is 0 Å². The summed E-state index contributed by atoms with van der Waals surface area (Å²) in [6.45, 7) is 0.294. The highest BCUT2D eigenvalue weighted by molar-refractivity contribution is 9.10. The number of nitrogens with one attached hydrogen (secondary N) is 1. The van der Waals surface area contributed by atoms with Gasteiger partial charge in [0.1, 0.15) is 12.4 Å². The summed E-state index contributed by atoms with van der Waals surface area (Å²) in [7, 11) is 0. The molecular formula is C21H22BrN3O. The molecule has 4 nitrogen and oxygen atoms in total. The number of para-hydroxylation sites is 2. The third-order valence-corrected chi connectivity index (χ3v) is 5.56. The molecule has 2 aromatic carbocycles. The van der Waals surface area contributed by atoms with Crippen LogP contribution in [0.4, 0.5) is 0 Å². The topological polar surface area (TPSA) is 46.9 Å². The van der Waals surface area contributed by atoms with Crippen LogP contribution in [-0.2, 0) is 11.3 Å². The summed E-state index contributed by atoms with van der Waals surface area (Å²) in [5.74, 6) is 0.899. The van der Waals surface area contributed by atoms with Crippen molar-refractivity contribution >= 4 is 32.9 Å². The van der Waals surface area contributed by atoms with Crippen LogP contribution in [0.25, 0.3) is 22.4 Å². The smallest absolute Gasteiger partial charge is 0.240 e. The fourth-order valence-electron chi connectivity index (χ4n) is 3.72. The van der Waals surface area contributed by atoms with E-state index < -0.39 is 0 Å². The first-order valence-corrected chi connectivity index (χ1v) is 10.0. The molecule has 0 aliphatic heterocycles. The Hall–Kier alpha value is -2.14. The molecule has 0 atom stereocenters. The summed E-state index contributed by atoms with van der Waals surface area (Å²) < 4.78 is 3.05. The average Bonchev–Trinajstić information content (AvgIpc) is 3.02. The Bertz CT molecular complexity index is 911. The van der Waals surface area contributed by atoms with Crippen LogP contribution in [-0.4, -0.2) is 21.5 Å². The second-order valence-electron chi connectivity index (χ2n) is 6.92. The van der Waals surface area contributed by atoms with E-state index in [9.17, 15) is 4.79 Å². The van der Waals surface area contributed by atoms with Gasteiger partial charge >= 0.3 is 0 Å². The van der Waals surface area contributed by atoms with Crippen molar-refractivity contribution in [1.29, 1.82) is 0 Å². The molecule has 1 aromatic heterocycles. The maximum absolute atomic E-state index is 12.7. The van der Waals surface area contributed by atoms with Crippen molar-refractivity contribution in [3.05, 3.63) is 53.0 Å². The quantitative estimate of drug-likeness (QED) is 0.662. The van der Waals surface area contributed by atoms with Crippen LogP contribution in [0, 0.1) is 0 Å². The van der Waals surface area contributed by atoms with Gasteiger partial charge in [-0.05, 0) is 37.1 Å². The van der Waals surface area contributed by atoms with Gasteiger partial charge in [-0.1, -0.05) is 59.5 Å². The molecule has 0 radical (unpaired) electrons. The molecule has 1 heterocycles. The van der Waals surface area contributed by atoms with Crippen molar-refractivity contribution in [2.45, 2.75) is 44.7 Å². The number of carbonyl (C=O) groups excluding carboxylic acids is 1. The van der Waals surface area contributed by atoms with E-state index in [4.69, 9.17) is 4.98 Å². The Morgan fingerprint density at radius 1 is 1.08 bits per heavy atom. The number of hydrogen-bond donors (Lipinski definition) is 1. The van der Waals surface area contributed by atoms with E-state index in [-0.39, 0.29) is 5.91 Å². The van der Waals surface area contributed by atoms with Crippen molar-refractivity contribution in [2.75, 3.05) is 0 Å². The molecule has 0 bridgehead atoms. The Balaban J connectivity index is 1.65. The first-order valence-electron chi connectivity index (χ1n) is 9.21. The third-order valence-electron chi connectivity index (χ3n) is 5.03. The van der Waals surface area contributed by atoms with Gasteiger partial charge in [-0.3, -0.25) is 4.79 Å².